The van der Waals surface area contributed by atoms with E-state index in [9.17, 15) is 27.6 Å². The van der Waals surface area contributed by atoms with Gasteiger partial charge in [-0.25, -0.2) is 9.18 Å². The smallest absolute Gasteiger partial charge is 0.387 e. The molecule has 0 saturated carbocycles. The average molecular weight is 489 g/mol. The molecule has 6 nitrogen and oxygen atoms in total. The van der Waals surface area contributed by atoms with E-state index < -0.39 is 24.3 Å². The topological polar surface area (TPSA) is 81.7 Å². The van der Waals surface area contributed by atoms with Crippen molar-refractivity contribution in [3.63, 3.8) is 0 Å². The number of hydrogen-bond acceptors (Lipinski definition) is 6. The third-order valence-corrected chi connectivity index (χ3v) is 5.59. The van der Waals surface area contributed by atoms with Crippen LogP contribution in [0.4, 0.5) is 18.9 Å². The van der Waals surface area contributed by atoms with E-state index in [-0.39, 0.29) is 34.1 Å². The standard InChI is InChI=1S/C24H18F3NO5S/c1-32-23(31)18-12-15(8-11-19(18)25)28-22(30)17-4-2-3-5-21(17)34-13-20(29)14-6-9-16(10-7-14)33-24(26)27/h2-12,24H,13H2,1H3,(H,28,30). The second-order valence-corrected chi connectivity index (χ2v) is 7.77. The zero-order chi connectivity index (χ0) is 24.7. The number of rotatable bonds is 9. The van der Waals surface area contributed by atoms with Gasteiger partial charge in [0, 0.05) is 16.1 Å². The molecule has 3 rings (SSSR count). The predicted octanol–water partition coefficient (Wildman–Crippen LogP) is 5.44. The van der Waals surface area contributed by atoms with Gasteiger partial charge >= 0.3 is 12.6 Å². The lowest BCUT2D eigenvalue weighted by atomic mass is 10.1. The SMILES string of the molecule is COC(=O)c1cc(NC(=O)c2ccccc2SCC(=O)c2ccc(OC(F)F)cc2)ccc1F. The molecule has 176 valence electrons. The van der Waals surface area contributed by atoms with Gasteiger partial charge in [-0.3, -0.25) is 9.59 Å². The molecule has 0 aromatic heterocycles. The van der Waals surface area contributed by atoms with Crippen molar-refractivity contribution < 1.29 is 37.0 Å². The van der Waals surface area contributed by atoms with Crippen molar-refractivity contribution in [1.29, 1.82) is 0 Å². The van der Waals surface area contributed by atoms with E-state index in [2.05, 4.69) is 14.8 Å². The number of hydrogen-bond donors (Lipinski definition) is 1. The number of anilines is 1. The monoisotopic (exact) mass is 489 g/mol. The number of Topliss-reactive ketones (excluding diaryl/α,β-unsaturated/α-hetero) is 1. The Labute approximate surface area is 197 Å². The van der Waals surface area contributed by atoms with Crippen molar-refractivity contribution in [1.82, 2.24) is 0 Å². The summed E-state index contributed by atoms with van der Waals surface area (Å²) in [4.78, 5) is 37.5. The van der Waals surface area contributed by atoms with Crippen LogP contribution >= 0.6 is 11.8 Å². The maximum atomic E-state index is 13.8. The minimum absolute atomic E-state index is 0.0115. The lowest BCUT2D eigenvalue weighted by Crippen LogP contribution is -2.14. The van der Waals surface area contributed by atoms with Gasteiger partial charge in [-0.15, -0.1) is 11.8 Å². The van der Waals surface area contributed by atoms with Gasteiger partial charge < -0.3 is 14.8 Å². The van der Waals surface area contributed by atoms with Crippen LogP contribution < -0.4 is 10.1 Å². The van der Waals surface area contributed by atoms with E-state index in [0.717, 1.165) is 24.9 Å². The normalized spacial score (nSPS) is 10.6. The molecule has 0 aliphatic rings. The fourth-order valence-corrected chi connectivity index (χ4v) is 3.84. The molecule has 1 N–H and O–H groups in total. The molecule has 0 bridgehead atoms. The maximum absolute atomic E-state index is 13.8. The van der Waals surface area contributed by atoms with Gasteiger partial charge in [-0.2, -0.15) is 8.78 Å². The Balaban J connectivity index is 1.69. The summed E-state index contributed by atoms with van der Waals surface area (Å²) in [6, 6.07) is 15.4. The Kier molecular flexibility index (Phi) is 8.31. The number of carbonyl (C=O) groups is 3. The predicted molar refractivity (Wildman–Crippen MR) is 120 cm³/mol. The van der Waals surface area contributed by atoms with Crippen molar-refractivity contribution >= 4 is 35.1 Å². The minimum Gasteiger partial charge on any atom is -0.465 e. The second kappa shape index (κ2) is 11.4. The van der Waals surface area contributed by atoms with Gasteiger partial charge in [0.15, 0.2) is 5.78 Å². The molecule has 0 radical (unpaired) electrons. The number of benzene rings is 3. The van der Waals surface area contributed by atoms with Crippen LogP contribution in [0.1, 0.15) is 31.1 Å². The third kappa shape index (κ3) is 6.38. The van der Waals surface area contributed by atoms with E-state index in [1.165, 1.54) is 36.4 Å². The number of methoxy groups -OCH3 is 1. The Hall–Kier alpha value is -3.79. The van der Waals surface area contributed by atoms with Crippen LogP contribution in [0.5, 0.6) is 5.75 Å². The Morgan fingerprint density at radius 3 is 2.35 bits per heavy atom. The third-order valence-electron chi connectivity index (χ3n) is 4.52. The first-order valence-corrected chi connectivity index (χ1v) is 10.8. The van der Waals surface area contributed by atoms with Crippen LogP contribution in [0, 0.1) is 5.82 Å². The first-order chi connectivity index (χ1) is 16.3. The zero-order valence-electron chi connectivity index (χ0n) is 17.7. The van der Waals surface area contributed by atoms with Gasteiger partial charge in [0.05, 0.1) is 24.0 Å². The summed E-state index contributed by atoms with van der Waals surface area (Å²) in [7, 11) is 1.12. The maximum Gasteiger partial charge on any atom is 0.387 e. The lowest BCUT2D eigenvalue weighted by molar-refractivity contribution is -0.0498. The van der Waals surface area contributed by atoms with Gasteiger partial charge in [0.1, 0.15) is 11.6 Å². The number of alkyl halides is 2. The van der Waals surface area contributed by atoms with Crippen LogP contribution in [-0.4, -0.2) is 37.1 Å². The Morgan fingerprint density at radius 2 is 1.68 bits per heavy atom. The van der Waals surface area contributed by atoms with E-state index in [1.54, 1.807) is 24.3 Å². The number of halogens is 3. The molecule has 0 aliphatic heterocycles. The molecule has 0 heterocycles. The Bertz CT molecular complexity index is 1200. The summed E-state index contributed by atoms with van der Waals surface area (Å²) in [5, 5.41) is 2.60. The highest BCUT2D eigenvalue weighted by Gasteiger charge is 2.17. The molecule has 0 fully saturated rings. The van der Waals surface area contributed by atoms with Gasteiger partial charge in [0.2, 0.25) is 0 Å². The molecule has 0 unspecified atom stereocenters. The number of nitrogens with one attached hydrogen (secondary N) is 1. The summed E-state index contributed by atoms with van der Waals surface area (Å²) < 4.78 is 47.1. The number of ketones is 1. The van der Waals surface area contributed by atoms with Crippen LogP contribution in [0.15, 0.2) is 71.6 Å². The average Bonchev–Trinajstić information content (AvgIpc) is 2.83. The zero-order valence-corrected chi connectivity index (χ0v) is 18.5. The number of thioether (sulfide) groups is 1. The number of ether oxygens (including phenoxy) is 2. The number of carbonyl (C=O) groups excluding carboxylic acids is 3. The molecule has 0 saturated heterocycles. The van der Waals surface area contributed by atoms with E-state index >= 15 is 0 Å². The van der Waals surface area contributed by atoms with E-state index in [1.807, 2.05) is 0 Å². The minimum atomic E-state index is -2.96. The summed E-state index contributed by atoms with van der Waals surface area (Å²) in [6.07, 6.45) is 0. The molecule has 0 atom stereocenters. The molecular weight excluding hydrogens is 471 g/mol. The molecule has 1 amide bonds. The summed E-state index contributed by atoms with van der Waals surface area (Å²) in [6.45, 7) is -2.96. The largest absolute Gasteiger partial charge is 0.465 e. The van der Waals surface area contributed by atoms with Gasteiger partial charge in [-0.1, -0.05) is 12.1 Å². The van der Waals surface area contributed by atoms with E-state index in [0.29, 0.717) is 10.5 Å². The molecular formula is C24H18F3NO5S. The molecule has 10 heteroatoms. The fourth-order valence-electron chi connectivity index (χ4n) is 2.90. The first kappa shape index (κ1) is 24.8. The molecule has 34 heavy (non-hydrogen) atoms. The highest BCUT2D eigenvalue weighted by atomic mass is 32.2. The number of esters is 1. The van der Waals surface area contributed by atoms with Crippen LogP contribution in [0.3, 0.4) is 0 Å². The molecule has 3 aromatic rings. The van der Waals surface area contributed by atoms with Crippen LogP contribution in [0.25, 0.3) is 0 Å². The van der Waals surface area contributed by atoms with E-state index in [4.69, 9.17) is 0 Å². The van der Waals surface area contributed by atoms with Crippen molar-refractivity contribution in [2.75, 3.05) is 18.2 Å². The van der Waals surface area contributed by atoms with Crippen LogP contribution in [-0.2, 0) is 4.74 Å². The van der Waals surface area contributed by atoms with Crippen molar-refractivity contribution in [2.24, 2.45) is 0 Å². The fraction of sp³-hybridized carbons (Fsp3) is 0.125. The highest BCUT2D eigenvalue weighted by Crippen LogP contribution is 2.26. The van der Waals surface area contributed by atoms with Crippen molar-refractivity contribution in [3.05, 3.63) is 89.2 Å². The number of amides is 1. The van der Waals surface area contributed by atoms with Crippen LogP contribution in [0.2, 0.25) is 0 Å². The van der Waals surface area contributed by atoms with Gasteiger partial charge in [-0.05, 0) is 54.6 Å². The summed E-state index contributed by atoms with van der Waals surface area (Å²) >= 11 is 1.12. The molecule has 0 spiro atoms. The quantitative estimate of drug-likeness (QED) is 0.245. The molecule has 0 aliphatic carbocycles. The highest BCUT2D eigenvalue weighted by molar-refractivity contribution is 8.00. The lowest BCUT2D eigenvalue weighted by Gasteiger charge is -2.11. The molecule has 3 aromatic carbocycles. The summed E-state index contributed by atoms with van der Waals surface area (Å²) in [5.74, 6) is -2.53. The second-order valence-electron chi connectivity index (χ2n) is 6.75. The first-order valence-electron chi connectivity index (χ1n) is 9.77. The van der Waals surface area contributed by atoms with Crippen molar-refractivity contribution in [3.8, 4) is 5.75 Å². The van der Waals surface area contributed by atoms with Crippen molar-refractivity contribution in [2.45, 2.75) is 11.5 Å². The van der Waals surface area contributed by atoms with Gasteiger partial charge in [0.25, 0.3) is 5.91 Å². The Morgan fingerprint density at radius 1 is 0.971 bits per heavy atom. The summed E-state index contributed by atoms with van der Waals surface area (Å²) in [5.41, 5.74) is 0.440.